The molecular weight excluding hydrogens is 330 g/mol. The van der Waals surface area contributed by atoms with Gasteiger partial charge >= 0.3 is 0 Å². The normalized spacial score (nSPS) is 10.8. The molecule has 0 aliphatic carbocycles. The van der Waals surface area contributed by atoms with Crippen LogP contribution in [0.15, 0.2) is 53.3 Å². The first-order valence-corrected chi connectivity index (χ1v) is 8.41. The number of fused-ring (bicyclic) bond motifs is 1. The maximum Gasteiger partial charge on any atom is 0.258 e. The van der Waals surface area contributed by atoms with Gasteiger partial charge in [-0.15, -0.1) is 0 Å². The number of rotatable bonds is 6. The van der Waals surface area contributed by atoms with Crippen LogP contribution in [0.3, 0.4) is 0 Å². The standard InChI is InChI=1S/C20H21N3O3/c1-14-6-5-7-15(12-14)20(25)23(10-11-26-2)13-18-21-17-9-4-3-8-16(17)19(24)22-18/h3-9,12H,10-11,13H2,1-2H3,(H,21,22,24). The number of aromatic amines is 1. The molecule has 3 rings (SSSR count). The second kappa shape index (κ2) is 7.93. The summed E-state index contributed by atoms with van der Waals surface area (Å²) in [5.41, 5.74) is 2.02. The van der Waals surface area contributed by atoms with E-state index in [0.29, 0.717) is 35.4 Å². The van der Waals surface area contributed by atoms with E-state index >= 15 is 0 Å². The molecule has 0 saturated heterocycles. The zero-order valence-electron chi connectivity index (χ0n) is 14.9. The molecule has 3 aromatic rings. The smallest absolute Gasteiger partial charge is 0.258 e. The monoisotopic (exact) mass is 351 g/mol. The predicted molar refractivity (Wildman–Crippen MR) is 100 cm³/mol. The quantitative estimate of drug-likeness (QED) is 0.740. The average molecular weight is 351 g/mol. The van der Waals surface area contributed by atoms with E-state index in [1.54, 1.807) is 36.3 Å². The highest BCUT2D eigenvalue weighted by Gasteiger charge is 2.17. The first-order valence-electron chi connectivity index (χ1n) is 8.41. The third kappa shape index (κ3) is 3.97. The Morgan fingerprint density at radius 3 is 2.77 bits per heavy atom. The summed E-state index contributed by atoms with van der Waals surface area (Å²) in [5.74, 6) is 0.326. The van der Waals surface area contributed by atoms with Crippen molar-refractivity contribution in [1.82, 2.24) is 14.9 Å². The minimum Gasteiger partial charge on any atom is -0.383 e. The summed E-state index contributed by atoms with van der Waals surface area (Å²) >= 11 is 0. The molecule has 26 heavy (non-hydrogen) atoms. The van der Waals surface area contributed by atoms with Gasteiger partial charge in [0.25, 0.3) is 11.5 Å². The van der Waals surface area contributed by atoms with Crippen LogP contribution in [-0.2, 0) is 11.3 Å². The van der Waals surface area contributed by atoms with Crippen molar-refractivity contribution in [3.63, 3.8) is 0 Å². The Bertz CT molecular complexity index is 981. The highest BCUT2D eigenvalue weighted by Crippen LogP contribution is 2.11. The number of hydrogen-bond donors (Lipinski definition) is 1. The van der Waals surface area contributed by atoms with E-state index in [2.05, 4.69) is 9.97 Å². The summed E-state index contributed by atoms with van der Waals surface area (Å²) in [7, 11) is 1.59. The molecule has 6 heteroatoms. The number of ether oxygens (including phenoxy) is 1. The van der Waals surface area contributed by atoms with Crippen LogP contribution in [0.1, 0.15) is 21.7 Å². The van der Waals surface area contributed by atoms with Crippen molar-refractivity contribution in [2.24, 2.45) is 0 Å². The molecule has 0 aliphatic rings. The highest BCUT2D eigenvalue weighted by atomic mass is 16.5. The van der Waals surface area contributed by atoms with Crippen LogP contribution < -0.4 is 5.56 Å². The van der Waals surface area contributed by atoms with Crippen LogP contribution >= 0.6 is 0 Å². The fraction of sp³-hybridized carbons (Fsp3) is 0.250. The van der Waals surface area contributed by atoms with Gasteiger partial charge in [0, 0.05) is 19.2 Å². The molecule has 1 heterocycles. The van der Waals surface area contributed by atoms with Crippen molar-refractivity contribution >= 4 is 16.8 Å². The SMILES string of the molecule is COCCN(Cc1nc2ccccc2c(=O)[nH]1)C(=O)c1cccc(C)c1. The van der Waals surface area contributed by atoms with Gasteiger partial charge in [-0.2, -0.15) is 0 Å². The second-order valence-corrected chi connectivity index (χ2v) is 6.12. The number of para-hydroxylation sites is 1. The number of methoxy groups -OCH3 is 1. The van der Waals surface area contributed by atoms with E-state index < -0.39 is 0 Å². The Morgan fingerprint density at radius 1 is 1.19 bits per heavy atom. The third-order valence-corrected chi connectivity index (χ3v) is 4.12. The maximum atomic E-state index is 12.9. The first kappa shape index (κ1) is 17.8. The van der Waals surface area contributed by atoms with Gasteiger partial charge in [-0.25, -0.2) is 4.98 Å². The molecule has 0 fully saturated rings. The van der Waals surface area contributed by atoms with Gasteiger partial charge in [-0.05, 0) is 31.2 Å². The molecule has 134 valence electrons. The highest BCUT2D eigenvalue weighted by molar-refractivity contribution is 5.94. The largest absolute Gasteiger partial charge is 0.383 e. The van der Waals surface area contributed by atoms with Gasteiger partial charge < -0.3 is 14.6 Å². The summed E-state index contributed by atoms with van der Waals surface area (Å²) in [5, 5.41) is 0.532. The van der Waals surface area contributed by atoms with Crippen LogP contribution in [0.25, 0.3) is 10.9 Å². The summed E-state index contributed by atoms with van der Waals surface area (Å²) in [6.07, 6.45) is 0. The van der Waals surface area contributed by atoms with Crippen molar-refractivity contribution in [2.75, 3.05) is 20.3 Å². The number of nitrogens with one attached hydrogen (secondary N) is 1. The van der Waals surface area contributed by atoms with Crippen LogP contribution in [0.5, 0.6) is 0 Å². The minimum absolute atomic E-state index is 0.124. The lowest BCUT2D eigenvalue weighted by Gasteiger charge is -2.22. The molecule has 0 unspecified atom stereocenters. The molecule has 0 spiro atoms. The lowest BCUT2D eigenvalue weighted by Crippen LogP contribution is -2.34. The van der Waals surface area contributed by atoms with E-state index in [4.69, 9.17) is 4.74 Å². The van der Waals surface area contributed by atoms with E-state index in [9.17, 15) is 9.59 Å². The van der Waals surface area contributed by atoms with Crippen LogP contribution in [0.4, 0.5) is 0 Å². The zero-order chi connectivity index (χ0) is 18.5. The van der Waals surface area contributed by atoms with Gasteiger partial charge in [0.2, 0.25) is 0 Å². The molecule has 0 aliphatic heterocycles. The number of aromatic nitrogens is 2. The van der Waals surface area contributed by atoms with Crippen molar-refractivity contribution in [2.45, 2.75) is 13.5 Å². The van der Waals surface area contributed by atoms with E-state index in [1.807, 2.05) is 31.2 Å². The van der Waals surface area contributed by atoms with E-state index in [-0.39, 0.29) is 18.0 Å². The van der Waals surface area contributed by atoms with Crippen LogP contribution in [0.2, 0.25) is 0 Å². The summed E-state index contributed by atoms with van der Waals surface area (Å²) < 4.78 is 5.13. The van der Waals surface area contributed by atoms with Crippen molar-refractivity contribution < 1.29 is 9.53 Å². The molecule has 0 bridgehead atoms. The van der Waals surface area contributed by atoms with Crippen molar-refractivity contribution in [3.8, 4) is 0 Å². The Morgan fingerprint density at radius 2 is 2.00 bits per heavy atom. The van der Waals surface area contributed by atoms with Gasteiger partial charge in [-0.3, -0.25) is 9.59 Å². The Hall–Kier alpha value is -2.99. The van der Waals surface area contributed by atoms with Crippen LogP contribution in [-0.4, -0.2) is 41.0 Å². The number of benzene rings is 2. The van der Waals surface area contributed by atoms with E-state index in [0.717, 1.165) is 5.56 Å². The zero-order valence-corrected chi connectivity index (χ0v) is 14.9. The maximum absolute atomic E-state index is 12.9. The number of H-pyrrole nitrogens is 1. The molecule has 0 radical (unpaired) electrons. The summed E-state index contributed by atoms with van der Waals surface area (Å²) in [6, 6.07) is 14.6. The Kier molecular flexibility index (Phi) is 5.43. The third-order valence-electron chi connectivity index (χ3n) is 4.12. The molecule has 1 aromatic heterocycles. The molecule has 6 nitrogen and oxygen atoms in total. The number of carbonyl (C=O) groups is 1. The summed E-state index contributed by atoms with van der Waals surface area (Å²) in [6.45, 7) is 2.95. The van der Waals surface area contributed by atoms with Gasteiger partial charge in [0.1, 0.15) is 5.82 Å². The first-order chi connectivity index (χ1) is 12.6. The van der Waals surface area contributed by atoms with Crippen molar-refractivity contribution in [3.05, 3.63) is 75.8 Å². The lowest BCUT2D eigenvalue weighted by atomic mass is 10.1. The fourth-order valence-corrected chi connectivity index (χ4v) is 2.81. The van der Waals surface area contributed by atoms with Crippen LogP contribution in [0, 0.1) is 6.92 Å². The lowest BCUT2D eigenvalue weighted by molar-refractivity contribution is 0.0675. The van der Waals surface area contributed by atoms with Gasteiger partial charge in [-0.1, -0.05) is 29.8 Å². The molecule has 2 aromatic carbocycles. The Balaban J connectivity index is 1.91. The number of amides is 1. The minimum atomic E-state index is -0.208. The molecular formula is C20H21N3O3. The molecule has 0 atom stereocenters. The topological polar surface area (TPSA) is 75.3 Å². The second-order valence-electron chi connectivity index (χ2n) is 6.12. The number of hydrogen-bond acceptors (Lipinski definition) is 4. The number of nitrogens with zero attached hydrogens (tertiary/aromatic N) is 2. The number of carbonyl (C=O) groups excluding carboxylic acids is 1. The molecule has 1 amide bonds. The molecule has 0 saturated carbocycles. The summed E-state index contributed by atoms with van der Waals surface area (Å²) in [4.78, 5) is 34.1. The Labute approximate surface area is 151 Å². The van der Waals surface area contributed by atoms with E-state index in [1.165, 1.54) is 0 Å². The molecule has 1 N–H and O–H groups in total. The predicted octanol–water partition coefficient (Wildman–Crippen LogP) is 2.52. The average Bonchev–Trinajstić information content (AvgIpc) is 2.64. The van der Waals surface area contributed by atoms with Gasteiger partial charge in [0.05, 0.1) is 24.1 Å². The fourth-order valence-electron chi connectivity index (χ4n) is 2.81. The van der Waals surface area contributed by atoms with Crippen molar-refractivity contribution in [1.29, 1.82) is 0 Å². The van der Waals surface area contributed by atoms with Gasteiger partial charge in [0.15, 0.2) is 0 Å². The number of aryl methyl sites for hydroxylation is 1.